The van der Waals surface area contributed by atoms with E-state index < -0.39 is 5.60 Å². The Labute approximate surface area is 158 Å². The Balaban J connectivity index is 1.48. The minimum atomic E-state index is -1.00. The highest BCUT2D eigenvalue weighted by Crippen LogP contribution is 2.41. The van der Waals surface area contributed by atoms with Crippen LogP contribution in [0, 0.1) is 6.92 Å². The Morgan fingerprint density at radius 3 is 2.56 bits per heavy atom. The first-order valence-electron chi connectivity index (χ1n) is 9.27. The lowest BCUT2D eigenvalue weighted by Crippen LogP contribution is -2.62. The zero-order valence-electron chi connectivity index (χ0n) is 15.4. The number of piperidine rings is 1. The Hall–Kier alpha value is -2.44. The average Bonchev–Trinajstić information content (AvgIpc) is 2.67. The molecule has 1 aromatic heterocycles. The molecule has 1 aromatic carbocycles. The Morgan fingerprint density at radius 1 is 1.22 bits per heavy atom. The third kappa shape index (κ3) is 3.68. The lowest BCUT2D eigenvalue weighted by Gasteiger charge is -2.50. The molecule has 2 bridgehead atoms. The number of amides is 1. The number of fused-ring (bicyclic) bond motifs is 2. The highest BCUT2D eigenvalue weighted by atomic mass is 16.6. The zero-order valence-corrected chi connectivity index (χ0v) is 15.4. The Kier molecular flexibility index (Phi) is 4.85. The molecule has 0 saturated carbocycles. The molecule has 0 radical (unpaired) electrons. The third-order valence-corrected chi connectivity index (χ3v) is 5.42. The van der Waals surface area contributed by atoms with Crippen LogP contribution in [0.4, 0.5) is 4.79 Å². The molecule has 2 unspecified atom stereocenters. The van der Waals surface area contributed by atoms with E-state index in [1.54, 1.807) is 11.1 Å². The van der Waals surface area contributed by atoms with Gasteiger partial charge in [0.2, 0.25) is 0 Å². The first kappa shape index (κ1) is 17.9. The van der Waals surface area contributed by atoms with E-state index in [1.165, 1.54) is 0 Å². The van der Waals surface area contributed by atoms with Crippen molar-refractivity contribution in [2.24, 2.45) is 0 Å². The van der Waals surface area contributed by atoms with Gasteiger partial charge in [-0.05, 0) is 18.6 Å². The van der Waals surface area contributed by atoms with Gasteiger partial charge in [-0.1, -0.05) is 36.4 Å². The lowest BCUT2D eigenvalue weighted by molar-refractivity contribution is -0.137. The summed E-state index contributed by atoms with van der Waals surface area (Å²) in [6.45, 7) is 2.96. The summed E-state index contributed by atoms with van der Waals surface area (Å²) in [6, 6.07) is 13.0. The highest BCUT2D eigenvalue weighted by Gasteiger charge is 2.49. The first-order valence-corrected chi connectivity index (χ1v) is 9.27. The molecule has 0 spiro atoms. The number of aryl methyl sites for hydroxylation is 1. The number of rotatable bonds is 3. The summed E-state index contributed by atoms with van der Waals surface area (Å²) in [7, 11) is 0. The number of aromatic nitrogens is 1. The van der Waals surface area contributed by atoms with E-state index in [4.69, 9.17) is 9.47 Å². The second-order valence-corrected chi connectivity index (χ2v) is 7.42. The van der Waals surface area contributed by atoms with E-state index in [9.17, 15) is 9.90 Å². The van der Waals surface area contributed by atoms with Gasteiger partial charge in [-0.15, -0.1) is 0 Å². The van der Waals surface area contributed by atoms with Crippen LogP contribution in [0.2, 0.25) is 0 Å². The molecule has 2 aliphatic heterocycles. The fourth-order valence-electron chi connectivity index (χ4n) is 4.05. The van der Waals surface area contributed by atoms with Crippen molar-refractivity contribution >= 4 is 6.09 Å². The van der Waals surface area contributed by atoms with Crippen LogP contribution in [-0.4, -0.2) is 46.4 Å². The van der Waals surface area contributed by atoms with E-state index in [0.29, 0.717) is 26.1 Å². The fourth-order valence-corrected chi connectivity index (χ4v) is 4.05. The van der Waals surface area contributed by atoms with Crippen LogP contribution in [0.25, 0.3) is 0 Å². The molecule has 3 heterocycles. The van der Waals surface area contributed by atoms with E-state index >= 15 is 0 Å². The molecule has 1 amide bonds. The summed E-state index contributed by atoms with van der Waals surface area (Å²) in [6.07, 6.45) is 2.21. The maximum atomic E-state index is 12.7. The molecule has 2 aliphatic rings. The molecule has 0 aliphatic carbocycles. The molecule has 2 fully saturated rings. The SMILES string of the molecule is Cc1ccc(C2(O)CC3COCC(C2)N3C(=O)OCc2ccccc2)cn1. The largest absolute Gasteiger partial charge is 0.445 e. The molecule has 27 heavy (non-hydrogen) atoms. The molecular formula is C21H24N2O4. The number of ether oxygens (including phenoxy) is 2. The van der Waals surface area contributed by atoms with Gasteiger partial charge < -0.3 is 14.6 Å². The quantitative estimate of drug-likeness (QED) is 0.902. The van der Waals surface area contributed by atoms with Crippen molar-refractivity contribution < 1.29 is 19.4 Å². The van der Waals surface area contributed by atoms with E-state index in [1.807, 2.05) is 49.4 Å². The first-order chi connectivity index (χ1) is 13.0. The van der Waals surface area contributed by atoms with E-state index in [2.05, 4.69) is 4.98 Å². The topological polar surface area (TPSA) is 71.9 Å². The number of aliphatic hydroxyl groups is 1. The number of morpholine rings is 1. The van der Waals surface area contributed by atoms with Gasteiger partial charge in [-0.3, -0.25) is 9.88 Å². The summed E-state index contributed by atoms with van der Waals surface area (Å²) in [5.41, 5.74) is 1.65. The number of pyridine rings is 1. The van der Waals surface area contributed by atoms with Gasteiger partial charge in [0.15, 0.2) is 0 Å². The van der Waals surface area contributed by atoms with Crippen LogP contribution in [0.5, 0.6) is 0 Å². The summed E-state index contributed by atoms with van der Waals surface area (Å²) in [4.78, 5) is 18.8. The monoisotopic (exact) mass is 368 g/mol. The normalized spacial score (nSPS) is 27.3. The smallest absolute Gasteiger partial charge is 0.410 e. The highest BCUT2D eigenvalue weighted by molar-refractivity contribution is 5.69. The maximum absolute atomic E-state index is 12.7. The minimum Gasteiger partial charge on any atom is -0.445 e. The van der Waals surface area contributed by atoms with Crippen LogP contribution in [0.3, 0.4) is 0 Å². The molecule has 2 aromatic rings. The molecular weight excluding hydrogens is 344 g/mol. The van der Waals surface area contributed by atoms with Crippen LogP contribution in [0.1, 0.15) is 29.7 Å². The molecule has 2 atom stereocenters. The predicted octanol–water partition coefficient (Wildman–Crippen LogP) is 2.78. The van der Waals surface area contributed by atoms with Crippen molar-refractivity contribution in [2.75, 3.05) is 13.2 Å². The van der Waals surface area contributed by atoms with Crippen molar-refractivity contribution in [1.82, 2.24) is 9.88 Å². The number of hydrogen-bond acceptors (Lipinski definition) is 5. The fraction of sp³-hybridized carbons (Fsp3) is 0.429. The van der Waals surface area contributed by atoms with Crippen molar-refractivity contribution in [3.63, 3.8) is 0 Å². The van der Waals surface area contributed by atoms with Crippen molar-refractivity contribution in [3.8, 4) is 0 Å². The molecule has 6 nitrogen and oxygen atoms in total. The average molecular weight is 368 g/mol. The number of nitrogens with zero attached hydrogens (tertiary/aromatic N) is 2. The van der Waals surface area contributed by atoms with Gasteiger partial charge in [-0.2, -0.15) is 0 Å². The summed E-state index contributed by atoms with van der Waals surface area (Å²) < 4.78 is 11.2. The number of hydrogen-bond donors (Lipinski definition) is 1. The summed E-state index contributed by atoms with van der Waals surface area (Å²) in [5, 5.41) is 11.3. The van der Waals surface area contributed by atoms with Crippen LogP contribution in [0.15, 0.2) is 48.7 Å². The van der Waals surface area contributed by atoms with Crippen LogP contribution < -0.4 is 0 Å². The van der Waals surface area contributed by atoms with Gasteiger partial charge in [0.1, 0.15) is 6.61 Å². The summed E-state index contributed by atoms with van der Waals surface area (Å²) >= 11 is 0. The van der Waals surface area contributed by atoms with Crippen molar-refractivity contribution in [3.05, 3.63) is 65.5 Å². The van der Waals surface area contributed by atoms with E-state index in [-0.39, 0.29) is 24.8 Å². The second kappa shape index (κ2) is 7.29. The molecule has 142 valence electrons. The number of carbonyl (C=O) groups is 1. The Morgan fingerprint density at radius 2 is 1.93 bits per heavy atom. The van der Waals surface area contributed by atoms with Crippen LogP contribution >= 0.6 is 0 Å². The minimum absolute atomic E-state index is 0.216. The van der Waals surface area contributed by atoms with Gasteiger partial charge in [0.25, 0.3) is 0 Å². The number of benzene rings is 1. The molecule has 6 heteroatoms. The Bertz CT molecular complexity index is 780. The summed E-state index contributed by atoms with van der Waals surface area (Å²) in [5.74, 6) is 0. The second-order valence-electron chi connectivity index (χ2n) is 7.42. The van der Waals surface area contributed by atoms with Gasteiger partial charge in [0, 0.05) is 30.3 Å². The van der Waals surface area contributed by atoms with Gasteiger partial charge in [0.05, 0.1) is 30.9 Å². The standard InChI is InChI=1S/C21H24N2O4/c1-15-7-8-17(11-22-15)21(25)9-18-13-26-14-19(10-21)23(18)20(24)27-12-16-5-3-2-4-6-16/h2-8,11,18-19,25H,9-10,12-14H2,1H3. The maximum Gasteiger partial charge on any atom is 0.410 e. The van der Waals surface area contributed by atoms with E-state index in [0.717, 1.165) is 16.8 Å². The molecule has 4 rings (SSSR count). The molecule has 1 N–H and O–H groups in total. The third-order valence-electron chi connectivity index (χ3n) is 5.42. The van der Waals surface area contributed by atoms with Gasteiger partial charge in [-0.25, -0.2) is 4.79 Å². The van der Waals surface area contributed by atoms with Crippen molar-refractivity contribution in [2.45, 2.75) is 44.1 Å². The van der Waals surface area contributed by atoms with Crippen LogP contribution in [-0.2, 0) is 21.7 Å². The number of carbonyl (C=O) groups excluding carboxylic acids is 1. The molecule has 2 saturated heterocycles. The zero-order chi connectivity index (χ0) is 18.9. The van der Waals surface area contributed by atoms with Crippen molar-refractivity contribution in [1.29, 1.82) is 0 Å². The lowest BCUT2D eigenvalue weighted by atomic mass is 9.77. The van der Waals surface area contributed by atoms with Gasteiger partial charge >= 0.3 is 6.09 Å². The predicted molar refractivity (Wildman–Crippen MR) is 99.0 cm³/mol.